The fraction of sp³-hybridized carbons (Fsp3) is 0.200. The monoisotopic (exact) mass is 386 g/mol. The summed E-state index contributed by atoms with van der Waals surface area (Å²) in [6, 6.07) is 12.4. The average molecular weight is 389 g/mol. The lowest BCUT2D eigenvalue weighted by molar-refractivity contribution is 1.13. The summed E-state index contributed by atoms with van der Waals surface area (Å²) >= 11 is 13.3. The Kier molecular flexibility index (Phi) is 4.52. The maximum Gasteiger partial charge on any atom is 0.0658 e. The van der Waals surface area contributed by atoms with Gasteiger partial charge in [-0.05, 0) is 42.7 Å². The number of hydrogen-bond acceptors (Lipinski definition) is 0. The number of halogens is 3. The first-order valence-corrected chi connectivity index (χ1v) is 7.74. The molecule has 94 valence electrons. The van der Waals surface area contributed by atoms with Crippen molar-refractivity contribution in [3.8, 4) is 0 Å². The second-order valence-corrected chi connectivity index (χ2v) is 6.59. The molecule has 3 heteroatoms. The molecular weight excluding hydrogens is 375 g/mol. The van der Waals surface area contributed by atoms with Crippen LogP contribution < -0.4 is 0 Å². The van der Waals surface area contributed by atoms with Crippen molar-refractivity contribution in [3.63, 3.8) is 0 Å². The third-order valence-electron chi connectivity index (χ3n) is 2.93. The molecule has 0 radical (unpaired) electrons. The van der Waals surface area contributed by atoms with E-state index in [1.165, 1.54) is 22.3 Å². The van der Waals surface area contributed by atoms with E-state index >= 15 is 0 Å². The van der Waals surface area contributed by atoms with Crippen LogP contribution in [0.2, 0.25) is 5.02 Å². The second-order valence-electron chi connectivity index (χ2n) is 4.39. The van der Waals surface area contributed by atoms with E-state index in [0.717, 1.165) is 9.50 Å². The van der Waals surface area contributed by atoms with Crippen LogP contribution in [0.1, 0.15) is 27.1 Å². The standard InChI is InChI=1S/C15H13Br2Cl/c1-9-3-5-12(10(2)7-9)15(17)13-6-4-11(18)8-14(13)16/h3-8,15H,1-2H3. The minimum absolute atomic E-state index is 0.171. The highest BCUT2D eigenvalue weighted by Crippen LogP contribution is 2.37. The minimum Gasteiger partial charge on any atom is -0.0843 e. The second kappa shape index (κ2) is 5.77. The van der Waals surface area contributed by atoms with Crippen molar-refractivity contribution in [2.45, 2.75) is 18.7 Å². The average Bonchev–Trinajstić information content (AvgIpc) is 2.28. The van der Waals surface area contributed by atoms with Gasteiger partial charge in [0.2, 0.25) is 0 Å². The quantitative estimate of drug-likeness (QED) is 0.537. The van der Waals surface area contributed by atoms with Crippen LogP contribution in [0.3, 0.4) is 0 Å². The van der Waals surface area contributed by atoms with Crippen molar-refractivity contribution >= 4 is 43.5 Å². The highest BCUT2D eigenvalue weighted by atomic mass is 79.9. The Bertz CT molecular complexity index is 527. The van der Waals surface area contributed by atoms with Gasteiger partial charge < -0.3 is 0 Å². The molecule has 2 rings (SSSR count). The van der Waals surface area contributed by atoms with Crippen LogP contribution in [-0.4, -0.2) is 0 Å². The molecular formula is C15H13Br2Cl. The normalized spacial score (nSPS) is 12.5. The van der Waals surface area contributed by atoms with Gasteiger partial charge in [0, 0.05) is 9.50 Å². The lowest BCUT2D eigenvalue weighted by atomic mass is 9.99. The van der Waals surface area contributed by atoms with E-state index in [4.69, 9.17) is 11.6 Å². The van der Waals surface area contributed by atoms with Crippen molar-refractivity contribution < 1.29 is 0 Å². The van der Waals surface area contributed by atoms with Gasteiger partial charge in [-0.2, -0.15) is 0 Å². The SMILES string of the molecule is Cc1ccc(C(Br)c2ccc(Cl)cc2Br)c(C)c1. The van der Waals surface area contributed by atoms with Crippen LogP contribution in [0.4, 0.5) is 0 Å². The molecule has 0 heterocycles. The molecule has 0 saturated heterocycles. The Morgan fingerprint density at radius 1 is 1.00 bits per heavy atom. The number of hydrogen-bond donors (Lipinski definition) is 0. The van der Waals surface area contributed by atoms with Crippen molar-refractivity contribution in [3.05, 3.63) is 68.1 Å². The molecule has 18 heavy (non-hydrogen) atoms. The van der Waals surface area contributed by atoms with Crippen LogP contribution in [0.15, 0.2) is 40.9 Å². The van der Waals surface area contributed by atoms with Gasteiger partial charge in [0.25, 0.3) is 0 Å². The van der Waals surface area contributed by atoms with Gasteiger partial charge in [-0.25, -0.2) is 0 Å². The van der Waals surface area contributed by atoms with Gasteiger partial charge >= 0.3 is 0 Å². The third-order valence-corrected chi connectivity index (χ3v) is 4.84. The zero-order chi connectivity index (χ0) is 13.3. The molecule has 0 aliphatic carbocycles. The van der Waals surface area contributed by atoms with Crippen molar-refractivity contribution in [2.75, 3.05) is 0 Å². The molecule has 0 N–H and O–H groups in total. The Morgan fingerprint density at radius 3 is 2.28 bits per heavy atom. The van der Waals surface area contributed by atoms with Gasteiger partial charge in [0.05, 0.1) is 4.83 Å². The predicted octanol–water partition coefficient (Wildman–Crippen LogP) is 6.20. The molecule has 0 bridgehead atoms. The summed E-state index contributed by atoms with van der Waals surface area (Å²) in [5, 5.41) is 0.742. The first-order chi connectivity index (χ1) is 8.49. The fourth-order valence-corrected chi connectivity index (χ4v) is 4.12. The van der Waals surface area contributed by atoms with Crippen LogP contribution in [-0.2, 0) is 0 Å². The van der Waals surface area contributed by atoms with Gasteiger partial charge in [-0.1, -0.05) is 73.3 Å². The maximum atomic E-state index is 5.97. The summed E-state index contributed by atoms with van der Waals surface area (Å²) in [7, 11) is 0. The molecule has 1 unspecified atom stereocenters. The molecule has 0 saturated carbocycles. The summed E-state index contributed by atoms with van der Waals surface area (Å²) < 4.78 is 1.02. The molecule has 0 spiro atoms. The molecule has 2 aromatic rings. The van der Waals surface area contributed by atoms with Crippen LogP contribution >= 0.6 is 43.5 Å². The summed E-state index contributed by atoms with van der Waals surface area (Å²) in [6.45, 7) is 4.25. The topological polar surface area (TPSA) is 0 Å². The van der Waals surface area contributed by atoms with Crippen molar-refractivity contribution in [2.24, 2.45) is 0 Å². The summed E-state index contributed by atoms with van der Waals surface area (Å²) in [5.41, 5.74) is 5.04. The van der Waals surface area contributed by atoms with E-state index in [9.17, 15) is 0 Å². The molecule has 0 fully saturated rings. The van der Waals surface area contributed by atoms with E-state index in [2.05, 4.69) is 63.9 Å². The number of aryl methyl sites for hydroxylation is 2. The molecule has 0 aromatic heterocycles. The first kappa shape index (κ1) is 14.1. The Balaban J connectivity index is 2.44. The van der Waals surface area contributed by atoms with Crippen LogP contribution in [0, 0.1) is 13.8 Å². The molecule has 0 aliphatic heterocycles. The Hall–Kier alpha value is -0.310. The molecule has 0 aliphatic rings. The van der Waals surface area contributed by atoms with Crippen LogP contribution in [0.25, 0.3) is 0 Å². The minimum atomic E-state index is 0.171. The lowest BCUT2D eigenvalue weighted by Crippen LogP contribution is -1.97. The number of alkyl halides is 1. The van der Waals surface area contributed by atoms with Crippen molar-refractivity contribution in [1.82, 2.24) is 0 Å². The highest BCUT2D eigenvalue weighted by molar-refractivity contribution is 9.11. The zero-order valence-corrected chi connectivity index (χ0v) is 14.1. The van der Waals surface area contributed by atoms with E-state index in [1.54, 1.807) is 0 Å². The van der Waals surface area contributed by atoms with E-state index in [1.807, 2.05) is 18.2 Å². The molecule has 1 atom stereocenters. The number of rotatable bonds is 2. The van der Waals surface area contributed by atoms with Gasteiger partial charge in [0.15, 0.2) is 0 Å². The fourth-order valence-electron chi connectivity index (χ4n) is 1.98. The third kappa shape index (κ3) is 2.98. The van der Waals surface area contributed by atoms with Crippen molar-refractivity contribution in [1.29, 1.82) is 0 Å². The zero-order valence-electron chi connectivity index (χ0n) is 10.2. The Morgan fingerprint density at radius 2 is 1.67 bits per heavy atom. The number of benzene rings is 2. The highest BCUT2D eigenvalue weighted by Gasteiger charge is 2.15. The largest absolute Gasteiger partial charge is 0.0843 e. The lowest BCUT2D eigenvalue weighted by Gasteiger charge is -2.16. The van der Waals surface area contributed by atoms with Crippen LogP contribution in [0.5, 0.6) is 0 Å². The Labute approximate surface area is 130 Å². The molecule has 0 nitrogen and oxygen atoms in total. The smallest absolute Gasteiger partial charge is 0.0658 e. The summed E-state index contributed by atoms with van der Waals surface area (Å²) in [5.74, 6) is 0. The predicted molar refractivity (Wildman–Crippen MR) is 85.8 cm³/mol. The van der Waals surface area contributed by atoms with Gasteiger partial charge in [-0.15, -0.1) is 0 Å². The van der Waals surface area contributed by atoms with Gasteiger partial charge in [-0.3, -0.25) is 0 Å². The van der Waals surface area contributed by atoms with E-state index in [-0.39, 0.29) is 4.83 Å². The van der Waals surface area contributed by atoms with E-state index < -0.39 is 0 Å². The summed E-state index contributed by atoms with van der Waals surface area (Å²) in [4.78, 5) is 0.171. The molecule has 0 amide bonds. The van der Waals surface area contributed by atoms with E-state index in [0.29, 0.717) is 0 Å². The maximum absolute atomic E-state index is 5.97. The van der Waals surface area contributed by atoms with Gasteiger partial charge in [0.1, 0.15) is 0 Å². The summed E-state index contributed by atoms with van der Waals surface area (Å²) in [6.07, 6.45) is 0. The molecule has 2 aromatic carbocycles. The first-order valence-electron chi connectivity index (χ1n) is 5.65.